The Labute approximate surface area is 110 Å². The van der Waals surface area contributed by atoms with Crippen molar-refractivity contribution in [1.82, 2.24) is 9.88 Å². The lowest BCUT2D eigenvalue weighted by atomic mass is 10.2. The molecule has 1 aromatic rings. The van der Waals surface area contributed by atoms with Gasteiger partial charge in [-0.25, -0.2) is 0 Å². The van der Waals surface area contributed by atoms with Gasteiger partial charge in [0.1, 0.15) is 5.82 Å². The first kappa shape index (κ1) is 14.8. The monoisotopic (exact) mass is 251 g/mol. The highest BCUT2D eigenvalue weighted by molar-refractivity contribution is 5.36. The minimum atomic E-state index is 0.560. The first-order chi connectivity index (χ1) is 8.54. The van der Waals surface area contributed by atoms with Crippen LogP contribution in [0, 0.1) is 0 Å². The molecule has 0 atom stereocenters. The van der Waals surface area contributed by atoms with Gasteiger partial charge in [-0.3, -0.25) is 4.90 Å². The van der Waals surface area contributed by atoms with Crippen LogP contribution >= 0.6 is 0 Å². The molecule has 0 saturated carbocycles. The zero-order valence-electron chi connectivity index (χ0n) is 12.1. The van der Waals surface area contributed by atoms with Crippen molar-refractivity contribution in [3.63, 3.8) is 0 Å². The van der Waals surface area contributed by atoms with E-state index in [1.54, 1.807) is 7.11 Å². The molecule has 1 rings (SSSR count). The van der Waals surface area contributed by atoms with Crippen LogP contribution in [0.25, 0.3) is 0 Å². The maximum Gasteiger partial charge on any atom is 0.214 e. The summed E-state index contributed by atoms with van der Waals surface area (Å²) in [4.78, 5) is 6.78. The zero-order valence-corrected chi connectivity index (χ0v) is 12.1. The van der Waals surface area contributed by atoms with Crippen molar-refractivity contribution < 1.29 is 4.74 Å². The van der Waals surface area contributed by atoms with E-state index in [0.29, 0.717) is 18.0 Å². The Bertz CT molecular complexity index is 345. The third-order valence-corrected chi connectivity index (χ3v) is 2.94. The van der Waals surface area contributed by atoms with Gasteiger partial charge in [-0.2, -0.15) is 4.98 Å². The van der Waals surface area contributed by atoms with Gasteiger partial charge in [-0.15, -0.1) is 0 Å². The summed E-state index contributed by atoms with van der Waals surface area (Å²) < 4.78 is 5.10. The molecule has 1 N–H and O–H groups in total. The smallest absolute Gasteiger partial charge is 0.214 e. The second kappa shape index (κ2) is 7.21. The molecule has 102 valence electrons. The van der Waals surface area contributed by atoms with Crippen LogP contribution in [-0.2, 0) is 0 Å². The first-order valence-corrected chi connectivity index (χ1v) is 6.55. The second-order valence-electron chi connectivity index (χ2n) is 4.92. The van der Waals surface area contributed by atoms with Crippen molar-refractivity contribution in [2.75, 3.05) is 25.5 Å². The highest BCUT2D eigenvalue weighted by Gasteiger charge is 2.12. The Balaban J connectivity index is 2.44. The molecule has 4 heteroatoms. The van der Waals surface area contributed by atoms with Gasteiger partial charge in [-0.05, 0) is 33.8 Å². The van der Waals surface area contributed by atoms with Gasteiger partial charge in [0, 0.05) is 31.2 Å². The Morgan fingerprint density at radius 2 is 1.89 bits per heavy atom. The van der Waals surface area contributed by atoms with Crippen molar-refractivity contribution in [2.45, 2.75) is 39.8 Å². The van der Waals surface area contributed by atoms with Crippen LogP contribution in [0.1, 0.15) is 27.7 Å². The van der Waals surface area contributed by atoms with Gasteiger partial charge in [0.2, 0.25) is 5.88 Å². The normalized spacial score (nSPS) is 11.3. The molecule has 0 saturated heterocycles. The number of anilines is 1. The lowest BCUT2D eigenvalue weighted by Gasteiger charge is -2.30. The quantitative estimate of drug-likeness (QED) is 0.808. The number of hydrogen-bond donors (Lipinski definition) is 1. The number of hydrogen-bond acceptors (Lipinski definition) is 4. The minimum Gasteiger partial charge on any atom is -0.481 e. The Hall–Kier alpha value is -1.29. The SMILES string of the molecule is COc1cccc(NCCN(C(C)C)C(C)C)n1. The van der Waals surface area contributed by atoms with E-state index in [1.165, 1.54) is 0 Å². The summed E-state index contributed by atoms with van der Waals surface area (Å²) in [5.41, 5.74) is 0. The summed E-state index contributed by atoms with van der Waals surface area (Å²) >= 11 is 0. The van der Waals surface area contributed by atoms with Crippen LogP contribution in [0.2, 0.25) is 0 Å². The highest BCUT2D eigenvalue weighted by atomic mass is 16.5. The number of aromatic nitrogens is 1. The number of ether oxygens (including phenoxy) is 1. The summed E-state index contributed by atoms with van der Waals surface area (Å²) in [6, 6.07) is 6.86. The lowest BCUT2D eigenvalue weighted by molar-refractivity contribution is 0.182. The van der Waals surface area contributed by atoms with Crippen molar-refractivity contribution in [3.8, 4) is 5.88 Å². The summed E-state index contributed by atoms with van der Waals surface area (Å²) in [7, 11) is 1.63. The standard InChI is InChI=1S/C14H25N3O/c1-11(2)17(12(3)4)10-9-15-13-7-6-8-14(16-13)18-5/h6-8,11-12H,9-10H2,1-5H3,(H,15,16). The Kier molecular flexibility index (Phi) is 5.92. The van der Waals surface area contributed by atoms with Crippen molar-refractivity contribution in [3.05, 3.63) is 18.2 Å². The van der Waals surface area contributed by atoms with Crippen LogP contribution in [0.15, 0.2) is 18.2 Å². The van der Waals surface area contributed by atoms with Crippen molar-refractivity contribution in [1.29, 1.82) is 0 Å². The number of pyridine rings is 1. The molecule has 0 bridgehead atoms. The maximum absolute atomic E-state index is 5.10. The van der Waals surface area contributed by atoms with E-state index in [1.807, 2.05) is 18.2 Å². The number of nitrogens with zero attached hydrogens (tertiary/aromatic N) is 2. The van der Waals surface area contributed by atoms with Crippen LogP contribution in [0.3, 0.4) is 0 Å². The van der Waals surface area contributed by atoms with Crippen LogP contribution in [0.4, 0.5) is 5.82 Å². The molecule has 0 amide bonds. The van der Waals surface area contributed by atoms with Gasteiger partial charge in [0.15, 0.2) is 0 Å². The number of methoxy groups -OCH3 is 1. The van der Waals surface area contributed by atoms with E-state index in [4.69, 9.17) is 4.74 Å². The maximum atomic E-state index is 5.10. The molecular formula is C14H25N3O. The molecule has 0 aliphatic carbocycles. The average Bonchev–Trinajstić information content (AvgIpc) is 2.34. The summed E-state index contributed by atoms with van der Waals surface area (Å²) in [5.74, 6) is 1.51. The molecule has 4 nitrogen and oxygen atoms in total. The molecule has 0 radical (unpaired) electrons. The first-order valence-electron chi connectivity index (χ1n) is 6.55. The van der Waals surface area contributed by atoms with E-state index >= 15 is 0 Å². The summed E-state index contributed by atoms with van der Waals surface area (Å²) in [6.07, 6.45) is 0. The predicted octanol–water partition coefficient (Wildman–Crippen LogP) is 2.62. The molecule has 0 spiro atoms. The fourth-order valence-corrected chi connectivity index (χ4v) is 2.05. The van der Waals surface area contributed by atoms with Crippen LogP contribution in [-0.4, -0.2) is 42.2 Å². The molecule has 0 unspecified atom stereocenters. The van der Waals surface area contributed by atoms with Gasteiger partial charge in [0.25, 0.3) is 0 Å². The van der Waals surface area contributed by atoms with E-state index < -0.39 is 0 Å². The van der Waals surface area contributed by atoms with Gasteiger partial charge < -0.3 is 10.1 Å². The third-order valence-electron chi connectivity index (χ3n) is 2.94. The number of rotatable bonds is 7. The highest BCUT2D eigenvalue weighted by Crippen LogP contribution is 2.10. The van der Waals surface area contributed by atoms with E-state index in [9.17, 15) is 0 Å². The molecule has 0 aliphatic heterocycles. The zero-order chi connectivity index (χ0) is 13.5. The Morgan fingerprint density at radius 3 is 2.44 bits per heavy atom. The van der Waals surface area contributed by atoms with Gasteiger partial charge in [-0.1, -0.05) is 6.07 Å². The second-order valence-corrected chi connectivity index (χ2v) is 4.92. The summed E-state index contributed by atoms with van der Waals surface area (Å²) in [5, 5.41) is 3.33. The summed E-state index contributed by atoms with van der Waals surface area (Å²) in [6.45, 7) is 10.8. The van der Waals surface area contributed by atoms with Crippen molar-refractivity contribution >= 4 is 5.82 Å². The van der Waals surface area contributed by atoms with Crippen molar-refractivity contribution in [2.24, 2.45) is 0 Å². The van der Waals surface area contributed by atoms with Gasteiger partial charge >= 0.3 is 0 Å². The van der Waals surface area contributed by atoms with Crippen LogP contribution < -0.4 is 10.1 Å². The van der Waals surface area contributed by atoms with Gasteiger partial charge in [0.05, 0.1) is 7.11 Å². The largest absolute Gasteiger partial charge is 0.481 e. The molecule has 0 fully saturated rings. The molecule has 1 heterocycles. The topological polar surface area (TPSA) is 37.4 Å². The fraction of sp³-hybridized carbons (Fsp3) is 0.643. The Morgan fingerprint density at radius 1 is 1.22 bits per heavy atom. The molecular weight excluding hydrogens is 226 g/mol. The number of nitrogens with one attached hydrogen (secondary N) is 1. The third kappa shape index (κ3) is 4.53. The van der Waals surface area contributed by atoms with Crippen LogP contribution in [0.5, 0.6) is 5.88 Å². The van der Waals surface area contributed by atoms with E-state index in [0.717, 1.165) is 18.9 Å². The lowest BCUT2D eigenvalue weighted by Crippen LogP contribution is -2.40. The van der Waals surface area contributed by atoms with E-state index in [2.05, 4.69) is 42.9 Å². The van der Waals surface area contributed by atoms with E-state index in [-0.39, 0.29) is 0 Å². The molecule has 0 aromatic carbocycles. The average molecular weight is 251 g/mol. The minimum absolute atomic E-state index is 0.560. The molecule has 0 aliphatic rings. The predicted molar refractivity (Wildman–Crippen MR) is 76.3 cm³/mol. The fourth-order valence-electron chi connectivity index (χ4n) is 2.05. The molecule has 1 aromatic heterocycles. The molecule has 18 heavy (non-hydrogen) atoms.